The van der Waals surface area contributed by atoms with Gasteiger partial charge in [-0.2, -0.15) is 0 Å². The van der Waals surface area contributed by atoms with Crippen molar-refractivity contribution >= 4 is 5.69 Å². The van der Waals surface area contributed by atoms with E-state index in [1.54, 1.807) is 6.07 Å². The maximum absolute atomic E-state index is 13.3. The van der Waals surface area contributed by atoms with Gasteiger partial charge in [-0.25, -0.2) is 4.39 Å². The predicted octanol–water partition coefficient (Wildman–Crippen LogP) is 2.82. The number of hydrogen-bond donors (Lipinski definition) is 2. The van der Waals surface area contributed by atoms with Crippen molar-refractivity contribution in [3.8, 4) is 0 Å². The molecule has 0 aliphatic heterocycles. The van der Waals surface area contributed by atoms with E-state index in [1.165, 1.54) is 6.07 Å². The molecule has 0 amide bonds. The van der Waals surface area contributed by atoms with Gasteiger partial charge in [0.15, 0.2) is 0 Å². The van der Waals surface area contributed by atoms with E-state index in [4.69, 9.17) is 5.73 Å². The van der Waals surface area contributed by atoms with Crippen LogP contribution in [0.3, 0.4) is 0 Å². The number of hydrogen-bond acceptors (Lipinski definition) is 2. The van der Waals surface area contributed by atoms with E-state index in [2.05, 4.69) is 5.32 Å². The van der Waals surface area contributed by atoms with Crippen molar-refractivity contribution in [1.29, 1.82) is 0 Å². The van der Waals surface area contributed by atoms with Gasteiger partial charge >= 0.3 is 0 Å². The minimum absolute atomic E-state index is 0.141. The van der Waals surface area contributed by atoms with E-state index in [9.17, 15) is 4.39 Å². The van der Waals surface area contributed by atoms with Crippen LogP contribution in [-0.4, -0.2) is 12.1 Å². The minimum Gasteiger partial charge on any atom is -0.382 e. The molecule has 0 radical (unpaired) electrons. The molecule has 0 heterocycles. The lowest BCUT2D eigenvalue weighted by Crippen LogP contribution is -2.33. The van der Waals surface area contributed by atoms with Gasteiger partial charge in [0.25, 0.3) is 0 Å². The first-order valence-corrected chi connectivity index (χ1v) is 5.94. The van der Waals surface area contributed by atoms with Gasteiger partial charge in [0.2, 0.25) is 0 Å². The second-order valence-electron chi connectivity index (χ2n) is 4.67. The molecule has 88 valence electrons. The molecular formula is C13H19FN2. The Morgan fingerprint density at radius 1 is 1.25 bits per heavy atom. The second kappa shape index (κ2) is 4.83. The predicted molar refractivity (Wildman–Crippen MR) is 65.0 cm³/mol. The molecule has 16 heavy (non-hydrogen) atoms. The summed E-state index contributed by atoms with van der Waals surface area (Å²) in [4.78, 5) is 0. The molecule has 0 bridgehead atoms. The Bertz CT molecular complexity index is 357. The van der Waals surface area contributed by atoms with Crippen molar-refractivity contribution in [2.45, 2.75) is 44.7 Å². The molecule has 1 aromatic carbocycles. The maximum atomic E-state index is 13.3. The first kappa shape index (κ1) is 11.4. The highest BCUT2D eigenvalue weighted by Gasteiger charge is 2.18. The molecule has 0 unspecified atom stereocenters. The molecular weight excluding hydrogens is 203 g/mol. The second-order valence-corrected chi connectivity index (χ2v) is 4.67. The largest absolute Gasteiger partial charge is 0.382 e. The zero-order chi connectivity index (χ0) is 11.5. The van der Waals surface area contributed by atoms with Crippen molar-refractivity contribution in [3.05, 3.63) is 29.6 Å². The van der Waals surface area contributed by atoms with Gasteiger partial charge in [0.1, 0.15) is 5.82 Å². The Labute approximate surface area is 96.0 Å². The van der Waals surface area contributed by atoms with E-state index in [-0.39, 0.29) is 5.82 Å². The van der Waals surface area contributed by atoms with Crippen molar-refractivity contribution < 1.29 is 4.39 Å². The molecule has 0 spiro atoms. The van der Waals surface area contributed by atoms with Crippen LogP contribution < -0.4 is 11.1 Å². The van der Waals surface area contributed by atoms with E-state index in [0.29, 0.717) is 17.6 Å². The topological polar surface area (TPSA) is 38.0 Å². The summed E-state index contributed by atoms with van der Waals surface area (Å²) in [6.07, 6.45) is 4.28. The molecule has 1 aromatic rings. The summed E-state index contributed by atoms with van der Waals surface area (Å²) in [5.41, 5.74) is 7.48. The van der Waals surface area contributed by atoms with Crippen LogP contribution >= 0.6 is 0 Å². The van der Waals surface area contributed by atoms with Crippen LogP contribution in [0.25, 0.3) is 0 Å². The third-order valence-electron chi connectivity index (χ3n) is 3.40. The Kier molecular flexibility index (Phi) is 3.44. The highest BCUT2D eigenvalue weighted by atomic mass is 19.1. The summed E-state index contributed by atoms with van der Waals surface area (Å²) in [6, 6.07) is 5.98. The quantitative estimate of drug-likeness (QED) is 0.807. The molecule has 0 aromatic heterocycles. The molecule has 3 N–H and O–H groups in total. The number of nitrogens with one attached hydrogen (secondary N) is 1. The monoisotopic (exact) mass is 222 g/mol. The van der Waals surface area contributed by atoms with Crippen LogP contribution in [0.5, 0.6) is 0 Å². The van der Waals surface area contributed by atoms with Crippen molar-refractivity contribution in [3.63, 3.8) is 0 Å². The van der Waals surface area contributed by atoms with Crippen LogP contribution in [0.1, 0.15) is 31.2 Å². The number of benzene rings is 1. The van der Waals surface area contributed by atoms with E-state index >= 15 is 0 Å². The van der Waals surface area contributed by atoms with Crippen LogP contribution in [-0.2, 0) is 0 Å². The maximum Gasteiger partial charge on any atom is 0.128 e. The molecule has 1 fully saturated rings. The molecule has 3 heteroatoms. The molecule has 1 aliphatic carbocycles. The lowest BCUT2D eigenvalue weighted by atomic mass is 9.91. The van der Waals surface area contributed by atoms with Gasteiger partial charge in [-0.1, -0.05) is 6.07 Å². The summed E-state index contributed by atoms with van der Waals surface area (Å²) in [7, 11) is 0. The average Bonchev–Trinajstić information content (AvgIpc) is 2.28. The molecule has 0 saturated heterocycles. The molecule has 2 nitrogen and oxygen atoms in total. The highest BCUT2D eigenvalue weighted by molar-refractivity contribution is 5.51. The standard InChI is InChI=1S/C13H19FN2/c1-9-12(14)3-2-4-13(9)16-11-7-5-10(15)6-8-11/h2-4,10-11,16H,5-8,15H2,1H3. The fourth-order valence-corrected chi connectivity index (χ4v) is 2.25. The summed E-state index contributed by atoms with van der Waals surface area (Å²) in [5.74, 6) is -0.141. The van der Waals surface area contributed by atoms with Gasteiger partial charge in [-0.05, 0) is 44.7 Å². The minimum atomic E-state index is -0.141. The van der Waals surface area contributed by atoms with Crippen LogP contribution in [0.4, 0.5) is 10.1 Å². The third-order valence-corrected chi connectivity index (χ3v) is 3.40. The smallest absolute Gasteiger partial charge is 0.128 e. The Morgan fingerprint density at radius 3 is 2.62 bits per heavy atom. The molecule has 0 atom stereocenters. The van der Waals surface area contributed by atoms with Crippen LogP contribution in [0, 0.1) is 12.7 Å². The third kappa shape index (κ3) is 2.53. The lowest BCUT2D eigenvalue weighted by molar-refractivity contribution is 0.411. The highest BCUT2D eigenvalue weighted by Crippen LogP contribution is 2.24. The zero-order valence-electron chi connectivity index (χ0n) is 9.67. The molecule has 1 saturated carbocycles. The molecule has 1 aliphatic rings. The fourth-order valence-electron chi connectivity index (χ4n) is 2.25. The van der Waals surface area contributed by atoms with Gasteiger partial charge < -0.3 is 11.1 Å². The van der Waals surface area contributed by atoms with E-state index < -0.39 is 0 Å². The number of rotatable bonds is 2. The van der Waals surface area contributed by atoms with Crippen LogP contribution in [0.2, 0.25) is 0 Å². The average molecular weight is 222 g/mol. The van der Waals surface area contributed by atoms with Crippen molar-refractivity contribution in [1.82, 2.24) is 0 Å². The van der Waals surface area contributed by atoms with Gasteiger partial charge in [-0.15, -0.1) is 0 Å². The summed E-state index contributed by atoms with van der Waals surface area (Å²) in [6.45, 7) is 1.81. The Balaban J connectivity index is 2.01. The van der Waals surface area contributed by atoms with Crippen molar-refractivity contribution in [2.75, 3.05) is 5.32 Å². The Morgan fingerprint density at radius 2 is 1.94 bits per heavy atom. The van der Waals surface area contributed by atoms with Crippen molar-refractivity contribution in [2.24, 2.45) is 5.73 Å². The lowest BCUT2D eigenvalue weighted by Gasteiger charge is -2.28. The summed E-state index contributed by atoms with van der Waals surface area (Å²) < 4.78 is 13.3. The normalized spacial score (nSPS) is 25.4. The van der Waals surface area contributed by atoms with Gasteiger partial charge in [0, 0.05) is 23.3 Å². The van der Waals surface area contributed by atoms with E-state index in [0.717, 1.165) is 31.4 Å². The summed E-state index contributed by atoms with van der Waals surface area (Å²) >= 11 is 0. The molecule has 2 rings (SSSR count). The number of halogens is 1. The van der Waals surface area contributed by atoms with Gasteiger partial charge in [-0.3, -0.25) is 0 Å². The Hall–Kier alpha value is -1.09. The fraction of sp³-hybridized carbons (Fsp3) is 0.538. The van der Waals surface area contributed by atoms with E-state index in [1.807, 2.05) is 13.0 Å². The first-order chi connectivity index (χ1) is 7.66. The number of nitrogens with two attached hydrogens (primary N) is 1. The summed E-state index contributed by atoms with van der Waals surface area (Å²) in [5, 5.41) is 3.41. The number of anilines is 1. The SMILES string of the molecule is Cc1c(F)cccc1NC1CCC(N)CC1. The van der Waals surface area contributed by atoms with Crippen LogP contribution in [0.15, 0.2) is 18.2 Å². The van der Waals surface area contributed by atoms with Gasteiger partial charge in [0.05, 0.1) is 0 Å². The zero-order valence-corrected chi connectivity index (χ0v) is 9.67. The first-order valence-electron chi connectivity index (χ1n) is 5.94.